The fraction of sp³-hybridized carbons (Fsp3) is 0.391. The van der Waals surface area contributed by atoms with E-state index in [4.69, 9.17) is 0 Å². The smallest absolute Gasteiger partial charge is 0.345 e. The van der Waals surface area contributed by atoms with Gasteiger partial charge in [-0.15, -0.1) is 0 Å². The van der Waals surface area contributed by atoms with Crippen molar-refractivity contribution in [1.82, 2.24) is 20.2 Å². The number of hydrogen-bond acceptors (Lipinski definition) is 5. The molecule has 3 aromatic rings. The number of hydrogen-bond donors (Lipinski definition) is 5. The number of carbonyl (C=O) groups is 1. The number of aromatic carboxylic acids is 1. The van der Waals surface area contributed by atoms with Crippen LogP contribution in [0.5, 0.6) is 5.75 Å². The van der Waals surface area contributed by atoms with Gasteiger partial charge < -0.3 is 30.4 Å². The van der Waals surface area contributed by atoms with Crippen LogP contribution in [0.2, 0.25) is 0 Å². The summed E-state index contributed by atoms with van der Waals surface area (Å²) in [5.41, 5.74) is 2.45. The van der Waals surface area contributed by atoms with E-state index < -0.39 is 22.8 Å². The second-order valence-electron chi connectivity index (χ2n) is 8.55. The van der Waals surface area contributed by atoms with Crippen molar-refractivity contribution in [3.63, 3.8) is 0 Å². The van der Waals surface area contributed by atoms with Crippen molar-refractivity contribution in [2.45, 2.75) is 25.9 Å². The highest BCUT2D eigenvalue weighted by atomic mass is 16.4. The summed E-state index contributed by atoms with van der Waals surface area (Å²) in [6.45, 7) is 4.82. The van der Waals surface area contributed by atoms with Gasteiger partial charge in [-0.1, -0.05) is 13.0 Å². The molecule has 0 amide bonds. The van der Waals surface area contributed by atoms with Crippen molar-refractivity contribution in [2.75, 3.05) is 13.1 Å². The molecule has 1 saturated carbocycles. The maximum Gasteiger partial charge on any atom is 0.345 e. The number of benzene rings is 1. The molecular weight excluding hydrogens is 396 g/mol. The Morgan fingerprint density at radius 3 is 2.68 bits per heavy atom. The zero-order chi connectivity index (χ0) is 21.9. The van der Waals surface area contributed by atoms with Gasteiger partial charge in [0.1, 0.15) is 5.75 Å². The van der Waals surface area contributed by atoms with E-state index in [1.54, 1.807) is 0 Å². The van der Waals surface area contributed by atoms with Gasteiger partial charge in [-0.05, 0) is 55.1 Å². The van der Waals surface area contributed by atoms with E-state index in [9.17, 15) is 19.8 Å². The molecule has 2 aromatic heterocycles. The lowest BCUT2D eigenvalue weighted by Crippen LogP contribution is -2.27. The zero-order valence-electron chi connectivity index (χ0n) is 17.5. The van der Waals surface area contributed by atoms with E-state index in [0.29, 0.717) is 23.7 Å². The lowest BCUT2D eigenvalue weighted by molar-refractivity contribution is 0.0691. The van der Waals surface area contributed by atoms with Gasteiger partial charge >= 0.3 is 5.97 Å². The van der Waals surface area contributed by atoms with Gasteiger partial charge in [0.2, 0.25) is 0 Å². The highest BCUT2D eigenvalue weighted by Gasteiger charge is 2.52. The first-order chi connectivity index (χ1) is 14.9. The number of carboxylic acid groups (broad SMARTS) is 1. The third kappa shape index (κ3) is 3.14. The number of fused-ring (bicyclic) bond motifs is 2. The molecule has 3 heterocycles. The topological polar surface area (TPSA) is 119 Å². The minimum absolute atomic E-state index is 0.388. The predicted octanol–water partition coefficient (Wildman–Crippen LogP) is 1.81. The molecule has 31 heavy (non-hydrogen) atoms. The second-order valence-corrected chi connectivity index (χ2v) is 8.55. The molecule has 1 saturated heterocycles. The van der Waals surface area contributed by atoms with Crippen LogP contribution in [0.3, 0.4) is 0 Å². The number of rotatable bonds is 6. The molecule has 5 rings (SSSR count). The van der Waals surface area contributed by atoms with E-state index in [1.807, 2.05) is 32.2 Å². The number of carboxylic acids is 1. The van der Waals surface area contributed by atoms with Crippen molar-refractivity contribution in [3.05, 3.63) is 51.4 Å². The normalized spacial score (nSPS) is 22.1. The average molecular weight is 422 g/mol. The maximum absolute atomic E-state index is 12.3. The minimum Gasteiger partial charge on any atom is -0.506 e. The van der Waals surface area contributed by atoms with Crippen molar-refractivity contribution in [3.8, 4) is 17.0 Å². The third-order valence-corrected chi connectivity index (χ3v) is 6.90. The highest BCUT2D eigenvalue weighted by molar-refractivity contribution is 5.92. The third-order valence-electron chi connectivity index (χ3n) is 6.90. The number of aromatic hydroxyl groups is 1. The van der Waals surface area contributed by atoms with Gasteiger partial charge in [-0.2, -0.15) is 0 Å². The van der Waals surface area contributed by atoms with Gasteiger partial charge in [0.15, 0.2) is 5.56 Å². The van der Waals surface area contributed by atoms with Crippen LogP contribution in [0.4, 0.5) is 0 Å². The average Bonchev–Trinajstić information content (AvgIpc) is 3.05. The molecule has 0 bridgehead atoms. The zero-order valence-corrected chi connectivity index (χ0v) is 17.5. The quantitative estimate of drug-likeness (QED) is 0.413. The summed E-state index contributed by atoms with van der Waals surface area (Å²) < 4.78 is 2.16. The number of H-pyrrole nitrogens is 1. The van der Waals surface area contributed by atoms with Gasteiger partial charge in [0, 0.05) is 41.8 Å². The lowest BCUT2D eigenvalue weighted by atomic mass is 9.99. The van der Waals surface area contributed by atoms with Crippen LogP contribution >= 0.6 is 0 Å². The van der Waals surface area contributed by atoms with Crippen LogP contribution in [-0.2, 0) is 20.0 Å². The van der Waals surface area contributed by atoms with Crippen LogP contribution in [0.1, 0.15) is 28.5 Å². The summed E-state index contributed by atoms with van der Waals surface area (Å²) in [6, 6.07) is 8.59. The Labute approximate surface area is 178 Å². The number of aromatic nitrogens is 2. The molecule has 2 fully saturated rings. The van der Waals surface area contributed by atoms with Gasteiger partial charge in [-0.25, -0.2) is 4.79 Å². The van der Waals surface area contributed by atoms with Gasteiger partial charge in [0.05, 0.1) is 5.69 Å². The lowest BCUT2D eigenvalue weighted by Gasteiger charge is -2.12. The molecule has 1 aliphatic heterocycles. The molecule has 3 atom stereocenters. The molecule has 8 nitrogen and oxygen atoms in total. The molecule has 1 aliphatic carbocycles. The number of nitrogens with one attached hydrogen (secondary N) is 3. The summed E-state index contributed by atoms with van der Waals surface area (Å²) in [5.74, 6) is -0.387. The Morgan fingerprint density at radius 1 is 1.26 bits per heavy atom. The standard InChI is InChI=1S/C23H26N4O4/c1-3-14-19(26-22(29)18(21(14)28)23(30)31)11-4-5-17-12(6-11)7-13(27(17)2)8-25-20-15-9-24-10-16(15)20/h4-7,15-16,20,24-25H,3,8-10H2,1-2H3,(H,30,31)(H2,26,28,29)/t15-,16+,20+. The number of pyridine rings is 1. The monoisotopic (exact) mass is 422 g/mol. The van der Waals surface area contributed by atoms with Crippen LogP contribution in [-0.4, -0.2) is 44.9 Å². The first-order valence-corrected chi connectivity index (χ1v) is 10.6. The summed E-state index contributed by atoms with van der Waals surface area (Å²) in [7, 11) is 2.04. The summed E-state index contributed by atoms with van der Waals surface area (Å²) >= 11 is 0. The predicted molar refractivity (Wildman–Crippen MR) is 117 cm³/mol. The molecule has 2 aliphatic rings. The van der Waals surface area contributed by atoms with Crippen molar-refractivity contribution >= 4 is 16.9 Å². The molecule has 162 valence electrons. The number of nitrogens with zero attached hydrogens (tertiary/aromatic N) is 1. The molecular formula is C23H26N4O4. The molecule has 8 heteroatoms. The van der Waals surface area contributed by atoms with E-state index in [0.717, 1.165) is 47.9 Å². The number of piperidine rings is 1. The van der Waals surface area contributed by atoms with Gasteiger partial charge in [0.25, 0.3) is 5.56 Å². The Kier molecular flexibility index (Phi) is 4.64. The fourth-order valence-electron chi connectivity index (χ4n) is 5.09. The molecule has 5 N–H and O–H groups in total. The van der Waals surface area contributed by atoms with E-state index >= 15 is 0 Å². The Morgan fingerprint density at radius 2 is 2.00 bits per heavy atom. The minimum atomic E-state index is -1.44. The van der Waals surface area contributed by atoms with Crippen molar-refractivity contribution < 1.29 is 15.0 Å². The van der Waals surface area contributed by atoms with E-state index in [2.05, 4.69) is 26.3 Å². The summed E-state index contributed by atoms with van der Waals surface area (Å²) in [6.07, 6.45) is 0.388. The molecule has 0 unspecified atom stereocenters. The maximum atomic E-state index is 12.3. The highest BCUT2D eigenvalue weighted by Crippen LogP contribution is 2.41. The second kappa shape index (κ2) is 7.25. The summed E-state index contributed by atoms with van der Waals surface area (Å²) in [4.78, 5) is 26.3. The van der Waals surface area contributed by atoms with Crippen LogP contribution in [0.25, 0.3) is 22.2 Å². The van der Waals surface area contributed by atoms with E-state index in [-0.39, 0.29) is 0 Å². The van der Waals surface area contributed by atoms with Crippen LogP contribution < -0.4 is 16.2 Å². The fourth-order valence-corrected chi connectivity index (χ4v) is 5.09. The van der Waals surface area contributed by atoms with Crippen molar-refractivity contribution in [2.24, 2.45) is 18.9 Å². The Balaban J connectivity index is 1.49. The van der Waals surface area contributed by atoms with Crippen LogP contribution in [0, 0.1) is 11.8 Å². The first kappa shape index (κ1) is 19.8. The first-order valence-electron chi connectivity index (χ1n) is 10.6. The molecule has 0 spiro atoms. The van der Waals surface area contributed by atoms with Gasteiger partial charge in [-0.3, -0.25) is 4.79 Å². The number of aryl methyl sites for hydroxylation is 1. The Hall–Kier alpha value is -3.10. The SMILES string of the molecule is CCc1c(-c2ccc3c(c2)cc(CN[C@H]2[C@@H]4CNC[C@@H]42)n3C)[nH]c(=O)c(C(=O)O)c1O. The van der Waals surface area contributed by atoms with Crippen LogP contribution in [0.15, 0.2) is 29.1 Å². The summed E-state index contributed by atoms with van der Waals surface area (Å²) in [5, 5.41) is 27.8. The largest absolute Gasteiger partial charge is 0.506 e. The van der Waals surface area contributed by atoms with E-state index in [1.165, 1.54) is 5.69 Å². The molecule has 1 aromatic carbocycles. The number of aromatic amines is 1. The van der Waals surface area contributed by atoms with Crippen molar-refractivity contribution in [1.29, 1.82) is 0 Å². The Bertz CT molecular complexity index is 1250. The molecule has 0 radical (unpaired) electrons.